The summed E-state index contributed by atoms with van der Waals surface area (Å²) >= 11 is 0. The van der Waals surface area contributed by atoms with Crippen LogP contribution in [0.3, 0.4) is 0 Å². The van der Waals surface area contributed by atoms with Crippen LogP contribution < -0.4 is 11.1 Å². The van der Waals surface area contributed by atoms with Gasteiger partial charge < -0.3 is 16.2 Å². The summed E-state index contributed by atoms with van der Waals surface area (Å²) in [5, 5.41) is 12.3. The molecule has 1 aliphatic carbocycles. The van der Waals surface area contributed by atoms with Gasteiger partial charge in [0.2, 0.25) is 0 Å². The topological polar surface area (TPSA) is 92.4 Å². The maximum atomic E-state index is 12.4. The summed E-state index contributed by atoms with van der Waals surface area (Å²) in [5.41, 5.74) is 6.70. The van der Waals surface area contributed by atoms with E-state index in [9.17, 15) is 14.7 Å². The zero-order valence-electron chi connectivity index (χ0n) is 12.5. The average molecular weight is 290 g/mol. The molecule has 21 heavy (non-hydrogen) atoms. The van der Waals surface area contributed by atoms with Gasteiger partial charge in [0, 0.05) is 11.7 Å². The lowest BCUT2D eigenvalue weighted by molar-refractivity contribution is -0.151. The number of carboxylic acids is 1. The Bertz CT molecular complexity index is 571. The van der Waals surface area contributed by atoms with E-state index in [2.05, 4.69) is 5.32 Å². The summed E-state index contributed by atoms with van der Waals surface area (Å²) in [6, 6.07) is 4.90. The lowest BCUT2D eigenvalue weighted by atomic mass is 9.71. The molecular formula is C16H22N2O3. The molecule has 5 heteroatoms. The molecule has 114 valence electrons. The first-order valence-electron chi connectivity index (χ1n) is 7.25. The second kappa shape index (κ2) is 5.76. The molecular weight excluding hydrogens is 268 g/mol. The van der Waals surface area contributed by atoms with Gasteiger partial charge in [0.25, 0.3) is 5.91 Å². The molecule has 1 saturated carbocycles. The first-order valence-corrected chi connectivity index (χ1v) is 7.25. The maximum Gasteiger partial charge on any atom is 0.311 e. The molecule has 1 aromatic carbocycles. The van der Waals surface area contributed by atoms with E-state index < -0.39 is 11.4 Å². The van der Waals surface area contributed by atoms with E-state index in [1.165, 1.54) is 0 Å². The highest BCUT2D eigenvalue weighted by Crippen LogP contribution is 2.36. The van der Waals surface area contributed by atoms with Crippen molar-refractivity contribution in [3.05, 3.63) is 29.3 Å². The van der Waals surface area contributed by atoms with Gasteiger partial charge in [-0.1, -0.05) is 24.5 Å². The van der Waals surface area contributed by atoms with E-state index in [1.54, 1.807) is 19.1 Å². The monoisotopic (exact) mass is 290 g/mol. The molecule has 0 aromatic heterocycles. The molecule has 0 heterocycles. The highest BCUT2D eigenvalue weighted by molar-refractivity contribution is 5.99. The summed E-state index contributed by atoms with van der Waals surface area (Å²) in [6.45, 7) is 3.59. The van der Waals surface area contributed by atoms with Gasteiger partial charge in [-0.3, -0.25) is 9.59 Å². The maximum absolute atomic E-state index is 12.4. The van der Waals surface area contributed by atoms with E-state index in [-0.39, 0.29) is 11.9 Å². The number of amides is 1. The van der Waals surface area contributed by atoms with Crippen molar-refractivity contribution < 1.29 is 14.7 Å². The zero-order valence-corrected chi connectivity index (χ0v) is 12.5. The van der Waals surface area contributed by atoms with E-state index in [1.807, 2.05) is 13.0 Å². The fourth-order valence-corrected chi connectivity index (χ4v) is 2.92. The van der Waals surface area contributed by atoms with Crippen molar-refractivity contribution in [2.45, 2.75) is 45.6 Å². The molecule has 0 bridgehead atoms. The molecule has 2 unspecified atom stereocenters. The number of aryl methyl sites for hydroxylation is 1. The predicted octanol–water partition coefficient (Wildman–Crippen LogP) is 2.34. The fraction of sp³-hybridized carbons (Fsp3) is 0.500. The van der Waals surface area contributed by atoms with Crippen LogP contribution in [0.4, 0.5) is 5.69 Å². The normalized spacial score (nSPS) is 25.3. The second-order valence-electron chi connectivity index (χ2n) is 6.09. The van der Waals surface area contributed by atoms with Crippen molar-refractivity contribution in [2.24, 2.45) is 5.41 Å². The molecule has 2 atom stereocenters. The van der Waals surface area contributed by atoms with Crippen LogP contribution >= 0.6 is 0 Å². The first kappa shape index (κ1) is 15.4. The highest BCUT2D eigenvalue weighted by atomic mass is 16.4. The molecule has 1 fully saturated rings. The van der Waals surface area contributed by atoms with Crippen molar-refractivity contribution in [2.75, 3.05) is 5.73 Å². The van der Waals surface area contributed by atoms with Crippen LogP contribution in [0.2, 0.25) is 0 Å². The van der Waals surface area contributed by atoms with Gasteiger partial charge in [-0.2, -0.15) is 0 Å². The molecule has 1 aromatic rings. The Morgan fingerprint density at radius 2 is 2.10 bits per heavy atom. The molecule has 0 radical (unpaired) electrons. The SMILES string of the molecule is Cc1ccc(N)c(C(=O)NC2CCCCC2(C)C(=O)O)c1. The number of rotatable bonds is 3. The Morgan fingerprint density at radius 1 is 1.38 bits per heavy atom. The van der Waals surface area contributed by atoms with E-state index >= 15 is 0 Å². The average Bonchev–Trinajstić information content (AvgIpc) is 2.43. The fourth-order valence-electron chi connectivity index (χ4n) is 2.92. The quantitative estimate of drug-likeness (QED) is 0.745. The van der Waals surface area contributed by atoms with E-state index in [4.69, 9.17) is 5.73 Å². The van der Waals surface area contributed by atoms with Crippen LogP contribution in [0.25, 0.3) is 0 Å². The molecule has 5 nitrogen and oxygen atoms in total. The van der Waals surface area contributed by atoms with Gasteiger partial charge in [-0.25, -0.2) is 0 Å². The Balaban J connectivity index is 2.21. The number of hydrogen-bond acceptors (Lipinski definition) is 3. The number of aliphatic carboxylic acids is 1. The number of carboxylic acid groups (broad SMARTS) is 1. The van der Waals surface area contributed by atoms with Crippen LogP contribution in [-0.4, -0.2) is 23.0 Å². The standard InChI is InChI=1S/C16H22N2O3/c1-10-6-7-12(17)11(9-10)14(19)18-13-5-3-4-8-16(13,2)15(20)21/h6-7,9,13H,3-5,8,17H2,1-2H3,(H,18,19)(H,20,21). The van der Waals surface area contributed by atoms with Crippen molar-refractivity contribution in [3.8, 4) is 0 Å². The Morgan fingerprint density at radius 3 is 2.76 bits per heavy atom. The number of nitrogens with one attached hydrogen (secondary N) is 1. The summed E-state index contributed by atoms with van der Waals surface area (Å²) in [7, 11) is 0. The number of nitrogens with two attached hydrogens (primary N) is 1. The first-order chi connectivity index (χ1) is 9.84. The van der Waals surface area contributed by atoms with Gasteiger partial charge in [0.05, 0.1) is 11.0 Å². The summed E-state index contributed by atoms with van der Waals surface area (Å²) in [6.07, 6.45) is 3.07. The smallest absolute Gasteiger partial charge is 0.311 e. The van der Waals surface area contributed by atoms with Gasteiger partial charge in [0.1, 0.15) is 0 Å². The molecule has 1 amide bonds. The highest BCUT2D eigenvalue weighted by Gasteiger charge is 2.44. The number of carbonyl (C=O) groups is 2. The number of anilines is 1. The molecule has 0 aliphatic heterocycles. The zero-order chi connectivity index (χ0) is 15.6. The minimum Gasteiger partial charge on any atom is -0.481 e. The molecule has 0 saturated heterocycles. The van der Waals surface area contributed by atoms with Gasteiger partial charge >= 0.3 is 5.97 Å². The van der Waals surface area contributed by atoms with E-state index in [0.717, 1.165) is 18.4 Å². The second-order valence-corrected chi connectivity index (χ2v) is 6.09. The number of carbonyl (C=O) groups excluding carboxylic acids is 1. The largest absolute Gasteiger partial charge is 0.481 e. The van der Waals surface area contributed by atoms with Gasteiger partial charge in [-0.15, -0.1) is 0 Å². The van der Waals surface area contributed by atoms with Crippen molar-refractivity contribution in [3.63, 3.8) is 0 Å². The number of nitrogen functional groups attached to an aromatic ring is 1. The van der Waals surface area contributed by atoms with Crippen molar-refractivity contribution >= 4 is 17.6 Å². The molecule has 0 spiro atoms. The molecule has 4 N–H and O–H groups in total. The predicted molar refractivity (Wildman–Crippen MR) is 81.1 cm³/mol. The lowest BCUT2D eigenvalue weighted by Gasteiger charge is -2.38. The Hall–Kier alpha value is -2.04. The summed E-state index contributed by atoms with van der Waals surface area (Å²) in [5.74, 6) is -1.15. The van der Waals surface area contributed by atoms with Crippen molar-refractivity contribution in [1.29, 1.82) is 0 Å². The van der Waals surface area contributed by atoms with Crippen LogP contribution in [-0.2, 0) is 4.79 Å². The van der Waals surface area contributed by atoms with Crippen LogP contribution in [0.15, 0.2) is 18.2 Å². The van der Waals surface area contributed by atoms with Crippen molar-refractivity contribution in [1.82, 2.24) is 5.32 Å². The third kappa shape index (κ3) is 3.01. The third-order valence-corrected chi connectivity index (χ3v) is 4.46. The summed E-state index contributed by atoms with van der Waals surface area (Å²) in [4.78, 5) is 24.0. The lowest BCUT2D eigenvalue weighted by Crippen LogP contribution is -2.52. The van der Waals surface area contributed by atoms with Crippen LogP contribution in [0, 0.1) is 12.3 Å². The van der Waals surface area contributed by atoms with Crippen LogP contribution in [0.1, 0.15) is 48.5 Å². The minimum absolute atomic E-state index is 0.296. The minimum atomic E-state index is -0.910. The Labute approximate surface area is 124 Å². The molecule has 1 aliphatic rings. The molecule has 2 rings (SSSR count). The number of hydrogen-bond donors (Lipinski definition) is 3. The van der Waals surface area contributed by atoms with Crippen LogP contribution in [0.5, 0.6) is 0 Å². The number of benzene rings is 1. The van der Waals surface area contributed by atoms with Gasteiger partial charge in [-0.05, 0) is 38.8 Å². The van der Waals surface area contributed by atoms with E-state index in [0.29, 0.717) is 24.1 Å². The van der Waals surface area contributed by atoms with Gasteiger partial charge in [0.15, 0.2) is 0 Å². The Kier molecular flexibility index (Phi) is 4.21. The third-order valence-electron chi connectivity index (χ3n) is 4.46. The summed E-state index contributed by atoms with van der Waals surface area (Å²) < 4.78 is 0.